The van der Waals surface area contributed by atoms with Crippen molar-refractivity contribution >= 4 is 52.4 Å². The predicted molar refractivity (Wildman–Crippen MR) is 105 cm³/mol. The van der Waals surface area contributed by atoms with Gasteiger partial charge < -0.3 is 15.4 Å². The van der Waals surface area contributed by atoms with Crippen molar-refractivity contribution in [2.75, 3.05) is 17.2 Å². The number of esters is 1. The normalized spacial score (nSPS) is 10.2. The number of amides is 2. The summed E-state index contributed by atoms with van der Waals surface area (Å²) in [5.41, 5.74) is 2.15. The zero-order valence-electron chi connectivity index (χ0n) is 14.6. The Morgan fingerprint density at radius 2 is 1.48 bits per heavy atom. The highest BCUT2D eigenvalue weighted by Gasteiger charge is 2.11. The molecule has 8 heteroatoms. The molecule has 0 radical (unpaired) electrons. The zero-order valence-corrected chi connectivity index (χ0v) is 16.1. The highest BCUT2D eigenvalue weighted by Crippen LogP contribution is 2.25. The van der Waals surface area contributed by atoms with Gasteiger partial charge in [0.15, 0.2) is 6.61 Å². The smallest absolute Gasteiger partial charge is 0.306 e. The van der Waals surface area contributed by atoms with Crippen molar-refractivity contribution in [3.8, 4) is 0 Å². The average molecular weight is 409 g/mol. The minimum atomic E-state index is -0.640. The van der Waals surface area contributed by atoms with Gasteiger partial charge in [-0.25, -0.2) is 0 Å². The van der Waals surface area contributed by atoms with Crippen LogP contribution < -0.4 is 10.6 Å². The number of nitrogens with one attached hydrogen (secondary N) is 2. The quantitative estimate of drug-likeness (QED) is 0.672. The molecule has 2 rings (SSSR count). The van der Waals surface area contributed by atoms with Gasteiger partial charge >= 0.3 is 5.97 Å². The van der Waals surface area contributed by atoms with Crippen LogP contribution in [0.25, 0.3) is 0 Å². The van der Waals surface area contributed by atoms with E-state index < -0.39 is 18.5 Å². The summed E-state index contributed by atoms with van der Waals surface area (Å²) in [6, 6.07) is 11.9. The highest BCUT2D eigenvalue weighted by molar-refractivity contribution is 6.42. The van der Waals surface area contributed by atoms with E-state index in [2.05, 4.69) is 10.6 Å². The molecule has 0 heterocycles. The second-order valence-electron chi connectivity index (χ2n) is 5.75. The number of aryl methyl sites for hydroxylation is 1. The standard InChI is InChI=1S/C19H18Cl2N2O4/c1-12-2-4-13(5-3-12)22-18(25)11-27-19(26)9-8-17(24)23-14-6-7-15(20)16(21)10-14/h2-7,10H,8-9,11H2,1H3,(H,22,25)(H,23,24). The molecule has 27 heavy (non-hydrogen) atoms. The van der Waals surface area contributed by atoms with Crippen LogP contribution in [0.3, 0.4) is 0 Å². The molecule has 0 atom stereocenters. The number of rotatable bonds is 7. The summed E-state index contributed by atoms with van der Waals surface area (Å²) in [6.45, 7) is 1.52. The molecule has 2 amide bonds. The molecule has 0 aliphatic carbocycles. The van der Waals surface area contributed by atoms with Crippen LogP contribution in [-0.2, 0) is 19.1 Å². The maximum Gasteiger partial charge on any atom is 0.306 e. The van der Waals surface area contributed by atoms with Crippen molar-refractivity contribution in [2.45, 2.75) is 19.8 Å². The van der Waals surface area contributed by atoms with E-state index in [9.17, 15) is 14.4 Å². The fourth-order valence-corrected chi connectivity index (χ4v) is 2.36. The Kier molecular flexibility index (Phi) is 7.64. The van der Waals surface area contributed by atoms with E-state index in [0.29, 0.717) is 21.4 Å². The van der Waals surface area contributed by atoms with Gasteiger partial charge in [-0.15, -0.1) is 0 Å². The van der Waals surface area contributed by atoms with Crippen LogP contribution in [0.5, 0.6) is 0 Å². The van der Waals surface area contributed by atoms with E-state index in [-0.39, 0.29) is 18.7 Å². The number of hydrogen-bond donors (Lipinski definition) is 2. The van der Waals surface area contributed by atoms with Crippen LogP contribution in [0, 0.1) is 6.92 Å². The molecule has 0 saturated carbocycles. The van der Waals surface area contributed by atoms with Crippen LogP contribution in [0.2, 0.25) is 10.0 Å². The van der Waals surface area contributed by atoms with Crippen LogP contribution >= 0.6 is 23.2 Å². The van der Waals surface area contributed by atoms with Gasteiger partial charge in [0, 0.05) is 17.8 Å². The summed E-state index contributed by atoms with van der Waals surface area (Å²) >= 11 is 11.7. The Bertz CT molecular complexity index is 838. The Morgan fingerprint density at radius 1 is 0.852 bits per heavy atom. The maximum absolute atomic E-state index is 11.8. The van der Waals surface area contributed by atoms with Crippen LogP contribution in [0.4, 0.5) is 11.4 Å². The van der Waals surface area contributed by atoms with E-state index in [0.717, 1.165) is 5.56 Å². The van der Waals surface area contributed by atoms with Crippen LogP contribution in [0.1, 0.15) is 18.4 Å². The third kappa shape index (κ3) is 7.29. The number of ether oxygens (including phenoxy) is 1. The fourth-order valence-electron chi connectivity index (χ4n) is 2.07. The summed E-state index contributed by atoms with van der Waals surface area (Å²) in [7, 11) is 0. The van der Waals surface area contributed by atoms with E-state index in [4.69, 9.17) is 27.9 Å². The highest BCUT2D eigenvalue weighted by atomic mass is 35.5. The van der Waals surface area contributed by atoms with Crippen molar-refractivity contribution in [3.63, 3.8) is 0 Å². The van der Waals surface area contributed by atoms with Crippen LogP contribution in [0.15, 0.2) is 42.5 Å². The second kappa shape index (κ2) is 9.94. The number of anilines is 2. The molecular weight excluding hydrogens is 391 g/mol. The summed E-state index contributed by atoms with van der Waals surface area (Å²) in [6.07, 6.45) is -0.233. The molecule has 142 valence electrons. The predicted octanol–water partition coefficient (Wildman–Crippen LogP) is 4.20. The van der Waals surface area contributed by atoms with Crippen molar-refractivity contribution in [3.05, 3.63) is 58.1 Å². The molecule has 2 aromatic carbocycles. The minimum Gasteiger partial charge on any atom is -0.456 e. The Morgan fingerprint density at radius 3 is 2.15 bits per heavy atom. The summed E-state index contributed by atoms with van der Waals surface area (Å²) < 4.78 is 4.87. The van der Waals surface area contributed by atoms with E-state index in [1.165, 1.54) is 6.07 Å². The second-order valence-corrected chi connectivity index (χ2v) is 6.57. The molecule has 0 aliphatic heterocycles. The van der Waals surface area contributed by atoms with Gasteiger partial charge in [-0.05, 0) is 37.3 Å². The molecule has 2 N–H and O–H groups in total. The van der Waals surface area contributed by atoms with E-state index in [1.807, 2.05) is 19.1 Å². The van der Waals surface area contributed by atoms with E-state index in [1.54, 1.807) is 24.3 Å². The van der Waals surface area contributed by atoms with Gasteiger partial charge in [0.25, 0.3) is 5.91 Å². The molecular formula is C19H18Cl2N2O4. The minimum absolute atomic E-state index is 0.0847. The van der Waals surface area contributed by atoms with Crippen molar-refractivity contribution in [1.29, 1.82) is 0 Å². The molecule has 0 unspecified atom stereocenters. The lowest BCUT2D eigenvalue weighted by molar-refractivity contribution is -0.147. The van der Waals surface area contributed by atoms with Crippen molar-refractivity contribution in [2.24, 2.45) is 0 Å². The molecule has 0 saturated heterocycles. The Labute approximate surface area is 166 Å². The Balaban J connectivity index is 1.69. The number of carbonyl (C=O) groups excluding carboxylic acids is 3. The summed E-state index contributed by atoms with van der Waals surface area (Å²) in [5, 5.41) is 5.90. The monoisotopic (exact) mass is 408 g/mol. The average Bonchev–Trinajstić information content (AvgIpc) is 2.63. The number of hydrogen-bond acceptors (Lipinski definition) is 4. The topological polar surface area (TPSA) is 84.5 Å². The van der Waals surface area contributed by atoms with Crippen molar-refractivity contribution in [1.82, 2.24) is 0 Å². The summed E-state index contributed by atoms with van der Waals surface area (Å²) in [5.74, 6) is -1.47. The molecule has 2 aromatic rings. The Hall–Kier alpha value is -2.57. The summed E-state index contributed by atoms with van der Waals surface area (Å²) in [4.78, 5) is 35.3. The molecule has 0 aromatic heterocycles. The molecule has 0 spiro atoms. The van der Waals surface area contributed by atoms with Gasteiger partial charge in [0.2, 0.25) is 5.91 Å². The SMILES string of the molecule is Cc1ccc(NC(=O)COC(=O)CCC(=O)Nc2ccc(Cl)c(Cl)c2)cc1. The third-order valence-corrected chi connectivity index (χ3v) is 4.20. The van der Waals surface area contributed by atoms with Gasteiger partial charge in [0.1, 0.15) is 0 Å². The van der Waals surface area contributed by atoms with E-state index >= 15 is 0 Å². The van der Waals surface area contributed by atoms with Gasteiger partial charge in [-0.2, -0.15) is 0 Å². The number of halogens is 2. The first kappa shape index (κ1) is 20.7. The first-order chi connectivity index (χ1) is 12.8. The molecule has 0 bridgehead atoms. The zero-order chi connectivity index (χ0) is 19.8. The van der Waals surface area contributed by atoms with Crippen LogP contribution in [-0.4, -0.2) is 24.4 Å². The largest absolute Gasteiger partial charge is 0.456 e. The first-order valence-electron chi connectivity index (χ1n) is 8.10. The fraction of sp³-hybridized carbons (Fsp3) is 0.211. The molecule has 6 nitrogen and oxygen atoms in total. The third-order valence-electron chi connectivity index (χ3n) is 3.46. The van der Waals surface area contributed by atoms with Crippen molar-refractivity contribution < 1.29 is 19.1 Å². The number of carbonyl (C=O) groups is 3. The van der Waals surface area contributed by atoms with Gasteiger partial charge in [0.05, 0.1) is 16.5 Å². The van der Waals surface area contributed by atoms with Gasteiger partial charge in [-0.1, -0.05) is 40.9 Å². The lowest BCUT2D eigenvalue weighted by atomic mass is 10.2. The number of benzene rings is 2. The van der Waals surface area contributed by atoms with Gasteiger partial charge in [-0.3, -0.25) is 14.4 Å². The lowest BCUT2D eigenvalue weighted by Gasteiger charge is -2.08. The molecule has 0 fully saturated rings. The maximum atomic E-state index is 11.8. The first-order valence-corrected chi connectivity index (χ1v) is 8.86. The lowest BCUT2D eigenvalue weighted by Crippen LogP contribution is -2.21. The molecule has 0 aliphatic rings.